The number of carbonyl (C=O) groups excluding carboxylic acids is 1. The number of nitro groups is 1. The second-order valence-electron chi connectivity index (χ2n) is 6.75. The predicted octanol–water partition coefficient (Wildman–Crippen LogP) is 3.92. The third-order valence-electron chi connectivity index (χ3n) is 4.99. The Morgan fingerprint density at radius 1 is 1.13 bits per heavy atom. The van der Waals surface area contributed by atoms with Crippen molar-refractivity contribution in [3.8, 4) is 11.5 Å². The van der Waals surface area contributed by atoms with Crippen molar-refractivity contribution < 1.29 is 19.2 Å². The number of halogens is 2. The Morgan fingerprint density at radius 3 is 2.43 bits per heavy atom. The van der Waals surface area contributed by atoms with Crippen molar-refractivity contribution in [1.29, 1.82) is 0 Å². The van der Waals surface area contributed by atoms with Crippen molar-refractivity contribution in [2.75, 3.05) is 51.8 Å². The topological polar surface area (TPSA) is 85.2 Å². The van der Waals surface area contributed by atoms with Crippen LogP contribution in [0.4, 0.5) is 11.4 Å². The molecular weight excluding hydrogens is 433 g/mol. The third kappa shape index (κ3) is 4.61. The quantitative estimate of drug-likeness (QED) is 0.356. The molecule has 1 saturated heterocycles. The number of anilines is 1. The highest BCUT2D eigenvalue weighted by atomic mass is 35.5. The Balaban J connectivity index is 1.70. The monoisotopic (exact) mass is 453 g/mol. The number of ether oxygens (including phenoxy) is 2. The molecule has 2 aromatic rings. The summed E-state index contributed by atoms with van der Waals surface area (Å²) in [7, 11) is 2.69. The molecule has 0 aromatic heterocycles. The molecule has 0 atom stereocenters. The van der Waals surface area contributed by atoms with E-state index in [0.717, 1.165) is 5.69 Å². The second-order valence-corrected chi connectivity index (χ2v) is 7.53. The fourth-order valence-corrected chi connectivity index (χ4v) is 3.83. The van der Waals surface area contributed by atoms with E-state index < -0.39 is 4.92 Å². The van der Waals surface area contributed by atoms with E-state index in [2.05, 4.69) is 4.90 Å². The Bertz CT molecular complexity index is 962. The molecule has 0 unspecified atom stereocenters. The van der Waals surface area contributed by atoms with Gasteiger partial charge in [-0.1, -0.05) is 29.3 Å². The molecule has 8 nitrogen and oxygen atoms in total. The van der Waals surface area contributed by atoms with Gasteiger partial charge in [-0.15, -0.1) is 0 Å². The Morgan fingerprint density at radius 2 is 1.83 bits per heavy atom. The number of benzene rings is 2. The number of carbonyl (C=O) groups is 1. The summed E-state index contributed by atoms with van der Waals surface area (Å²) in [5, 5.41) is 12.4. The van der Waals surface area contributed by atoms with Crippen LogP contribution in [0, 0.1) is 10.1 Å². The molecule has 10 heteroatoms. The van der Waals surface area contributed by atoms with E-state index in [-0.39, 0.29) is 35.1 Å². The Labute approximate surface area is 184 Å². The van der Waals surface area contributed by atoms with Gasteiger partial charge in [-0.05, 0) is 18.2 Å². The lowest BCUT2D eigenvalue weighted by Gasteiger charge is -2.36. The zero-order valence-corrected chi connectivity index (χ0v) is 18.1. The fourth-order valence-electron chi connectivity index (χ4n) is 3.42. The SMILES string of the molecule is COc1cc(C(=O)CN2CCN(c3cccc(Cl)c3Cl)CC2)cc([N+](=O)[O-])c1OC. The van der Waals surface area contributed by atoms with Crippen LogP contribution in [0.25, 0.3) is 0 Å². The average Bonchev–Trinajstić information content (AvgIpc) is 2.75. The van der Waals surface area contributed by atoms with Gasteiger partial charge in [-0.25, -0.2) is 0 Å². The van der Waals surface area contributed by atoms with Gasteiger partial charge in [0, 0.05) is 37.8 Å². The van der Waals surface area contributed by atoms with Gasteiger partial charge in [-0.3, -0.25) is 19.8 Å². The molecule has 0 radical (unpaired) electrons. The standard InChI is InChI=1S/C20H21Cl2N3O5/c1-29-18-11-13(10-16(25(27)28)20(18)30-2)17(26)12-23-6-8-24(9-7-23)15-5-3-4-14(21)19(15)22/h3-5,10-11H,6-9,12H2,1-2H3. The molecule has 1 fully saturated rings. The molecule has 0 bridgehead atoms. The highest BCUT2D eigenvalue weighted by molar-refractivity contribution is 6.43. The lowest BCUT2D eigenvalue weighted by molar-refractivity contribution is -0.385. The molecule has 0 saturated carbocycles. The first kappa shape index (κ1) is 22.1. The summed E-state index contributed by atoms with van der Waals surface area (Å²) in [6.45, 7) is 2.79. The fraction of sp³-hybridized carbons (Fsp3) is 0.350. The van der Waals surface area contributed by atoms with Crippen LogP contribution in [0.15, 0.2) is 30.3 Å². The highest BCUT2D eigenvalue weighted by Crippen LogP contribution is 2.38. The number of nitro benzene ring substituents is 1. The first-order chi connectivity index (χ1) is 14.3. The van der Waals surface area contributed by atoms with E-state index in [4.69, 9.17) is 32.7 Å². The van der Waals surface area contributed by atoms with E-state index in [1.165, 1.54) is 26.4 Å². The number of ketones is 1. The number of rotatable bonds is 7. The average molecular weight is 454 g/mol. The van der Waals surface area contributed by atoms with Crippen molar-refractivity contribution in [2.24, 2.45) is 0 Å². The maximum absolute atomic E-state index is 12.8. The number of Topliss-reactive ketones (excluding diaryl/α,β-unsaturated/α-hetero) is 1. The maximum Gasteiger partial charge on any atom is 0.315 e. The number of methoxy groups -OCH3 is 2. The van der Waals surface area contributed by atoms with Crippen molar-refractivity contribution in [3.05, 3.63) is 56.1 Å². The maximum atomic E-state index is 12.8. The zero-order chi connectivity index (χ0) is 21.8. The molecule has 1 heterocycles. The molecule has 1 aliphatic rings. The lowest BCUT2D eigenvalue weighted by Crippen LogP contribution is -2.48. The Hall–Kier alpha value is -2.55. The number of hydrogen-bond acceptors (Lipinski definition) is 7. The van der Waals surface area contributed by atoms with Gasteiger partial charge in [0.2, 0.25) is 5.75 Å². The van der Waals surface area contributed by atoms with Gasteiger partial charge in [-0.2, -0.15) is 0 Å². The van der Waals surface area contributed by atoms with Gasteiger partial charge >= 0.3 is 5.69 Å². The summed E-state index contributed by atoms with van der Waals surface area (Å²) in [4.78, 5) is 27.7. The van der Waals surface area contributed by atoms with Crippen LogP contribution in [0.1, 0.15) is 10.4 Å². The van der Waals surface area contributed by atoms with Crippen LogP contribution in [-0.2, 0) is 0 Å². The van der Waals surface area contributed by atoms with Gasteiger partial charge in [0.1, 0.15) is 0 Å². The summed E-state index contributed by atoms with van der Waals surface area (Å²) in [5.74, 6) is -0.0881. The molecule has 3 rings (SSSR count). The number of hydrogen-bond donors (Lipinski definition) is 0. The molecule has 0 aliphatic carbocycles. The van der Waals surface area contributed by atoms with E-state index in [1.807, 2.05) is 17.0 Å². The molecule has 2 aromatic carbocycles. The van der Waals surface area contributed by atoms with Crippen molar-refractivity contribution in [2.45, 2.75) is 0 Å². The summed E-state index contributed by atoms with van der Waals surface area (Å²) >= 11 is 12.4. The van der Waals surface area contributed by atoms with Gasteiger partial charge in [0.05, 0.1) is 41.4 Å². The minimum absolute atomic E-state index is 0.00827. The van der Waals surface area contributed by atoms with Crippen molar-refractivity contribution >= 4 is 40.4 Å². The summed E-state index contributed by atoms with van der Waals surface area (Å²) in [6.07, 6.45) is 0. The second kappa shape index (κ2) is 9.51. The first-order valence-electron chi connectivity index (χ1n) is 9.20. The van der Waals surface area contributed by atoms with Crippen LogP contribution >= 0.6 is 23.2 Å². The molecule has 0 spiro atoms. The zero-order valence-electron chi connectivity index (χ0n) is 16.6. The Kier molecular flexibility index (Phi) is 7.02. The molecular formula is C20H21Cl2N3O5. The molecule has 0 amide bonds. The van der Waals surface area contributed by atoms with Crippen LogP contribution in [0.2, 0.25) is 10.0 Å². The van der Waals surface area contributed by atoms with Crippen LogP contribution in [-0.4, -0.2) is 62.5 Å². The number of nitrogens with zero attached hydrogens (tertiary/aromatic N) is 3. The van der Waals surface area contributed by atoms with E-state index in [1.54, 1.807) is 6.07 Å². The first-order valence-corrected chi connectivity index (χ1v) is 9.96. The van der Waals surface area contributed by atoms with Gasteiger partial charge < -0.3 is 14.4 Å². The van der Waals surface area contributed by atoms with Crippen LogP contribution < -0.4 is 14.4 Å². The highest BCUT2D eigenvalue weighted by Gasteiger charge is 2.26. The van der Waals surface area contributed by atoms with Crippen LogP contribution in [0.3, 0.4) is 0 Å². The van der Waals surface area contributed by atoms with Crippen molar-refractivity contribution in [3.63, 3.8) is 0 Å². The summed E-state index contributed by atoms with van der Waals surface area (Å²) in [6, 6.07) is 8.20. The number of piperazine rings is 1. The summed E-state index contributed by atoms with van der Waals surface area (Å²) < 4.78 is 10.2. The van der Waals surface area contributed by atoms with Crippen LogP contribution in [0.5, 0.6) is 11.5 Å². The van der Waals surface area contributed by atoms with Gasteiger partial charge in [0.15, 0.2) is 11.5 Å². The molecule has 0 N–H and O–H groups in total. The smallest absolute Gasteiger partial charge is 0.315 e. The third-order valence-corrected chi connectivity index (χ3v) is 5.80. The van der Waals surface area contributed by atoms with E-state index in [0.29, 0.717) is 36.2 Å². The molecule has 1 aliphatic heterocycles. The normalized spacial score (nSPS) is 14.5. The lowest BCUT2D eigenvalue weighted by atomic mass is 10.1. The largest absolute Gasteiger partial charge is 0.493 e. The van der Waals surface area contributed by atoms with Gasteiger partial charge in [0.25, 0.3) is 0 Å². The molecule has 30 heavy (non-hydrogen) atoms. The van der Waals surface area contributed by atoms with Crippen molar-refractivity contribution in [1.82, 2.24) is 4.90 Å². The predicted molar refractivity (Wildman–Crippen MR) is 116 cm³/mol. The van der Waals surface area contributed by atoms with E-state index in [9.17, 15) is 14.9 Å². The van der Waals surface area contributed by atoms with E-state index >= 15 is 0 Å². The molecule has 160 valence electrons. The summed E-state index contributed by atoms with van der Waals surface area (Å²) in [5.41, 5.74) is 0.769. The minimum atomic E-state index is -0.592. The minimum Gasteiger partial charge on any atom is -0.493 e.